The van der Waals surface area contributed by atoms with Gasteiger partial charge in [0.1, 0.15) is 5.82 Å². The molecule has 0 spiro atoms. The molecule has 29 heavy (non-hydrogen) atoms. The van der Waals surface area contributed by atoms with E-state index < -0.39 is 0 Å². The van der Waals surface area contributed by atoms with E-state index in [1.54, 1.807) is 0 Å². The smallest absolute Gasteiger partial charge is 0.231 e. The van der Waals surface area contributed by atoms with Crippen LogP contribution in [0.4, 0.5) is 5.82 Å². The second-order valence-electron chi connectivity index (χ2n) is 7.51. The first-order chi connectivity index (χ1) is 14.4. The highest BCUT2D eigenvalue weighted by atomic mass is 16.7. The first-order valence-corrected chi connectivity index (χ1v) is 10.2. The van der Waals surface area contributed by atoms with Crippen molar-refractivity contribution in [2.24, 2.45) is 0 Å². The molecule has 2 aliphatic rings. The zero-order valence-corrected chi connectivity index (χ0v) is 16.4. The van der Waals surface area contributed by atoms with Gasteiger partial charge in [0.25, 0.3) is 0 Å². The lowest BCUT2D eigenvalue weighted by Crippen LogP contribution is -2.30. The van der Waals surface area contributed by atoms with Crippen LogP contribution in [0.25, 0.3) is 11.3 Å². The summed E-state index contributed by atoms with van der Waals surface area (Å²) >= 11 is 0. The Morgan fingerprint density at radius 3 is 2.83 bits per heavy atom. The number of hydrogen-bond donors (Lipinski definition) is 2. The summed E-state index contributed by atoms with van der Waals surface area (Å²) in [6, 6.07) is 10.2. The lowest BCUT2D eigenvalue weighted by atomic mass is 10.1. The van der Waals surface area contributed by atoms with Crippen molar-refractivity contribution in [2.75, 3.05) is 24.8 Å². The van der Waals surface area contributed by atoms with Crippen molar-refractivity contribution in [1.82, 2.24) is 20.5 Å². The number of anilines is 1. The molecule has 7 heteroatoms. The maximum Gasteiger partial charge on any atom is 0.231 e. The predicted octanol–water partition coefficient (Wildman–Crippen LogP) is 3.48. The standard InChI is InChI=1S/C22H25N5O2/c1-2-8-27(9-3-1)21-10-16(6-7-24-21)12-23-13-18-14-25-26-22(18)17-4-5-19-20(11-17)29-15-28-19/h4-7,10-11,14,23H,1-3,8-9,12-13,15H2,(H,25,26). The summed E-state index contributed by atoms with van der Waals surface area (Å²) in [4.78, 5) is 6.95. The normalized spacial score (nSPS) is 15.7. The van der Waals surface area contributed by atoms with Crippen molar-refractivity contribution in [3.8, 4) is 22.8 Å². The van der Waals surface area contributed by atoms with Crippen LogP contribution in [0.15, 0.2) is 42.7 Å². The molecule has 2 aliphatic heterocycles. The number of aromatic amines is 1. The number of piperidine rings is 1. The van der Waals surface area contributed by atoms with Crippen LogP contribution >= 0.6 is 0 Å². The second kappa shape index (κ2) is 8.13. The van der Waals surface area contributed by atoms with Crippen LogP contribution in [0.3, 0.4) is 0 Å². The number of ether oxygens (including phenoxy) is 2. The number of fused-ring (bicyclic) bond motifs is 1. The van der Waals surface area contributed by atoms with Crippen molar-refractivity contribution >= 4 is 5.82 Å². The van der Waals surface area contributed by atoms with Gasteiger partial charge in [-0.05, 0) is 55.2 Å². The minimum Gasteiger partial charge on any atom is -0.454 e. The van der Waals surface area contributed by atoms with Crippen LogP contribution in [0.5, 0.6) is 11.5 Å². The van der Waals surface area contributed by atoms with Crippen molar-refractivity contribution in [1.29, 1.82) is 0 Å². The van der Waals surface area contributed by atoms with E-state index in [0.717, 1.165) is 60.3 Å². The molecule has 5 rings (SSSR count). The fourth-order valence-electron chi connectivity index (χ4n) is 3.96. The summed E-state index contributed by atoms with van der Waals surface area (Å²) in [5.41, 5.74) is 4.40. The van der Waals surface area contributed by atoms with Gasteiger partial charge in [-0.1, -0.05) is 0 Å². The first kappa shape index (κ1) is 18.0. The molecule has 150 valence electrons. The van der Waals surface area contributed by atoms with Crippen LogP contribution in [-0.4, -0.2) is 35.1 Å². The summed E-state index contributed by atoms with van der Waals surface area (Å²) < 4.78 is 10.9. The number of pyridine rings is 1. The van der Waals surface area contributed by atoms with Crippen molar-refractivity contribution in [3.05, 3.63) is 53.9 Å². The Labute approximate surface area is 170 Å². The summed E-state index contributed by atoms with van der Waals surface area (Å²) in [5.74, 6) is 2.65. The molecule has 0 amide bonds. The van der Waals surface area contributed by atoms with Gasteiger partial charge in [0.2, 0.25) is 6.79 Å². The van der Waals surface area contributed by atoms with E-state index >= 15 is 0 Å². The summed E-state index contributed by atoms with van der Waals surface area (Å²) in [5, 5.41) is 10.9. The van der Waals surface area contributed by atoms with Gasteiger partial charge in [-0.2, -0.15) is 5.10 Å². The van der Waals surface area contributed by atoms with E-state index in [-0.39, 0.29) is 6.79 Å². The Morgan fingerprint density at radius 2 is 1.90 bits per heavy atom. The molecule has 4 heterocycles. The molecule has 1 saturated heterocycles. The van der Waals surface area contributed by atoms with Gasteiger partial charge in [-0.15, -0.1) is 0 Å². The van der Waals surface area contributed by atoms with E-state index in [0.29, 0.717) is 0 Å². The average molecular weight is 391 g/mol. The minimum absolute atomic E-state index is 0.279. The number of H-pyrrole nitrogens is 1. The van der Waals surface area contributed by atoms with E-state index in [9.17, 15) is 0 Å². The third kappa shape index (κ3) is 3.91. The average Bonchev–Trinajstić information content (AvgIpc) is 3.43. The zero-order chi connectivity index (χ0) is 19.5. The van der Waals surface area contributed by atoms with E-state index in [4.69, 9.17) is 9.47 Å². The van der Waals surface area contributed by atoms with Crippen molar-refractivity contribution < 1.29 is 9.47 Å². The number of nitrogens with one attached hydrogen (secondary N) is 2. The molecular formula is C22H25N5O2. The monoisotopic (exact) mass is 391 g/mol. The molecule has 0 radical (unpaired) electrons. The molecule has 0 saturated carbocycles. The molecule has 2 aromatic heterocycles. The molecule has 0 atom stereocenters. The van der Waals surface area contributed by atoms with Gasteiger partial charge in [-0.3, -0.25) is 5.10 Å². The van der Waals surface area contributed by atoms with Gasteiger partial charge in [0, 0.05) is 43.5 Å². The van der Waals surface area contributed by atoms with Crippen LogP contribution in [-0.2, 0) is 13.1 Å². The van der Waals surface area contributed by atoms with E-state index in [1.165, 1.54) is 24.8 Å². The van der Waals surface area contributed by atoms with Gasteiger partial charge in [0.15, 0.2) is 11.5 Å². The Bertz CT molecular complexity index is 981. The Balaban J connectivity index is 1.23. The van der Waals surface area contributed by atoms with Crippen LogP contribution in [0, 0.1) is 0 Å². The summed E-state index contributed by atoms with van der Waals surface area (Å²) in [6.45, 7) is 4.01. The first-order valence-electron chi connectivity index (χ1n) is 10.2. The molecule has 1 fully saturated rings. The highest BCUT2D eigenvalue weighted by Crippen LogP contribution is 2.36. The molecular weight excluding hydrogens is 366 g/mol. The maximum absolute atomic E-state index is 5.50. The Kier molecular flexibility index (Phi) is 5.04. The number of hydrogen-bond acceptors (Lipinski definition) is 6. The third-order valence-corrected chi connectivity index (χ3v) is 5.51. The third-order valence-electron chi connectivity index (χ3n) is 5.51. The quantitative estimate of drug-likeness (QED) is 0.670. The van der Waals surface area contributed by atoms with E-state index in [2.05, 4.69) is 37.5 Å². The zero-order valence-electron chi connectivity index (χ0n) is 16.4. The largest absolute Gasteiger partial charge is 0.454 e. The minimum atomic E-state index is 0.279. The SMILES string of the molecule is c1cc(CNCc2cn[nH]c2-c2ccc3c(c2)OCO3)cc(N2CCCCC2)n1. The molecule has 0 bridgehead atoms. The maximum atomic E-state index is 5.50. The Hall–Kier alpha value is -3.06. The lowest BCUT2D eigenvalue weighted by molar-refractivity contribution is 0.174. The second-order valence-corrected chi connectivity index (χ2v) is 7.51. The number of aromatic nitrogens is 3. The fourth-order valence-corrected chi connectivity index (χ4v) is 3.96. The number of benzene rings is 1. The van der Waals surface area contributed by atoms with Gasteiger partial charge in [-0.25, -0.2) is 4.98 Å². The van der Waals surface area contributed by atoms with Crippen LogP contribution in [0.2, 0.25) is 0 Å². The molecule has 2 N–H and O–H groups in total. The molecule has 1 aromatic carbocycles. The van der Waals surface area contributed by atoms with Crippen LogP contribution in [0.1, 0.15) is 30.4 Å². The topological polar surface area (TPSA) is 75.3 Å². The van der Waals surface area contributed by atoms with Crippen molar-refractivity contribution in [2.45, 2.75) is 32.4 Å². The summed E-state index contributed by atoms with van der Waals surface area (Å²) in [7, 11) is 0. The molecule has 0 aliphatic carbocycles. The van der Waals surface area contributed by atoms with Gasteiger partial charge < -0.3 is 19.7 Å². The molecule has 3 aromatic rings. The molecule has 0 unspecified atom stereocenters. The van der Waals surface area contributed by atoms with Gasteiger partial charge >= 0.3 is 0 Å². The Morgan fingerprint density at radius 1 is 1.00 bits per heavy atom. The van der Waals surface area contributed by atoms with Crippen molar-refractivity contribution in [3.63, 3.8) is 0 Å². The van der Waals surface area contributed by atoms with Gasteiger partial charge in [0.05, 0.1) is 11.9 Å². The fraction of sp³-hybridized carbons (Fsp3) is 0.364. The number of rotatable bonds is 6. The predicted molar refractivity (Wildman–Crippen MR) is 111 cm³/mol. The molecule has 7 nitrogen and oxygen atoms in total. The highest BCUT2D eigenvalue weighted by Gasteiger charge is 2.16. The summed E-state index contributed by atoms with van der Waals surface area (Å²) in [6.07, 6.45) is 7.63. The highest BCUT2D eigenvalue weighted by molar-refractivity contribution is 5.66. The number of nitrogens with zero attached hydrogens (tertiary/aromatic N) is 3. The lowest BCUT2D eigenvalue weighted by Gasteiger charge is -2.27. The van der Waals surface area contributed by atoms with E-state index in [1.807, 2.05) is 30.6 Å². The van der Waals surface area contributed by atoms with Crippen LogP contribution < -0.4 is 19.7 Å².